The molecule has 1 rings (SSSR count). The molecule has 0 radical (unpaired) electrons. The van der Waals surface area contributed by atoms with Gasteiger partial charge in [-0.05, 0) is 50.9 Å². The van der Waals surface area contributed by atoms with E-state index in [2.05, 4.69) is 39.9 Å². The molecular weight excluding hydrogens is 210 g/mol. The van der Waals surface area contributed by atoms with E-state index in [1.165, 1.54) is 19.3 Å². The van der Waals surface area contributed by atoms with Gasteiger partial charge >= 0.3 is 0 Å². The van der Waals surface area contributed by atoms with Crippen molar-refractivity contribution in [2.45, 2.75) is 71.9 Å². The standard InChI is InChI=1S/C15H31NO/c1-12(2)15(5,11-16-13-7-8-13)10-9-14(3,4)17-6/h12-13,16H,7-11H2,1-6H3. The lowest BCUT2D eigenvalue weighted by Crippen LogP contribution is -2.39. The fourth-order valence-corrected chi connectivity index (χ4v) is 1.93. The average molecular weight is 241 g/mol. The minimum absolute atomic E-state index is 0.00965. The van der Waals surface area contributed by atoms with Gasteiger partial charge in [0.15, 0.2) is 0 Å². The molecule has 0 aromatic carbocycles. The zero-order chi connectivity index (χ0) is 13.1. The molecule has 1 unspecified atom stereocenters. The maximum atomic E-state index is 5.53. The molecule has 1 atom stereocenters. The fraction of sp³-hybridized carbons (Fsp3) is 1.00. The van der Waals surface area contributed by atoms with Crippen molar-refractivity contribution in [3.8, 4) is 0 Å². The van der Waals surface area contributed by atoms with Gasteiger partial charge in [0.25, 0.3) is 0 Å². The Kier molecular flexibility index (Phi) is 5.03. The summed E-state index contributed by atoms with van der Waals surface area (Å²) in [5.74, 6) is 0.710. The van der Waals surface area contributed by atoms with E-state index in [0.29, 0.717) is 11.3 Å². The predicted octanol–water partition coefficient (Wildman–Crippen LogP) is 3.61. The van der Waals surface area contributed by atoms with E-state index in [9.17, 15) is 0 Å². The molecule has 0 saturated heterocycles. The van der Waals surface area contributed by atoms with Crippen molar-refractivity contribution in [3.63, 3.8) is 0 Å². The molecule has 102 valence electrons. The van der Waals surface area contributed by atoms with Crippen LogP contribution in [0.15, 0.2) is 0 Å². The number of nitrogens with one attached hydrogen (secondary N) is 1. The highest BCUT2D eigenvalue weighted by Crippen LogP contribution is 2.35. The molecule has 2 heteroatoms. The lowest BCUT2D eigenvalue weighted by atomic mass is 9.73. The van der Waals surface area contributed by atoms with Crippen LogP contribution in [0.25, 0.3) is 0 Å². The Morgan fingerprint density at radius 1 is 1.18 bits per heavy atom. The lowest BCUT2D eigenvalue weighted by Gasteiger charge is -2.37. The summed E-state index contributed by atoms with van der Waals surface area (Å²) in [6.45, 7) is 12.6. The number of methoxy groups -OCH3 is 1. The summed E-state index contributed by atoms with van der Waals surface area (Å²) in [5.41, 5.74) is 0.397. The molecule has 0 aliphatic heterocycles. The van der Waals surface area contributed by atoms with E-state index >= 15 is 0 Å². The second-order valence-corrected chi connectivity index (χ2v) is 6.93. The summed E-state index contributed by atoms with van der Waals surface area (Å²) in [6.07, 6.45) is 5.10. The minimum Gasteiger partial charge on any atom is -0.379 e. The largest absolute Gasteiger partial charge is 0.379 e. The molecule has 0 spiro atoms. The quantitative estimate of drug-likeness (QED) is 0.701. The van der Waals surface area contributed by atoms with Crippen LogP contribution < -0.4 is 5.32 Å². The summed E-state index contributed by atoms with van der Waals surface area (Å²) in [6, 6.07) is 0.809. The predicted molar refractivity (Wildman–Crippen MR) is 74.3 cm³/mol. The van der Waals surface area contributed by atoms with Crippen molar-refractivity contribution in [1.29, 1.82) is 0 Å². The third-order valence-corrected chi connectivity index (χ3v) is 4.62. The van der Waals surface area contributed by atoms with Crippen LogP contribution in [0.4, 0.5) is 0 Å². The van der Waals surface area contributed by atoms with E-state index < -0.39 is 0 Å². The first-order chi connectivity index (χ1) is 7.79. The summed E-state index contributed by atoms with van der Waals surface area (Å²) < 4.78 is 5.53. The Labute approximate surface area is 108 Å². The van der Waals surface area contributed by atoms with Crippen LogP contribution in [0.2, 0.25) is 0 Å². The molecule has 2 nitrogen and oxygen atoms in total. The molecule has 1 aliphatic carbocycles. The van der Waals surface area contributed by atoms with Gasteiger partial charge in [-0.15, -0.1) is 0 Å². The van der Waals surface area contributed by atoms with Crippen LogP contribution in [-0.2, 0) is 4.74 Å². The maximum absolute atomic E-state index is 5.53. The van der Waals surface area contributed by atoms with Gasteiger partial charge in [0.2, 0.25) is 0 Å². The number of ether oxygens (including phenoxy) is 1. The van der Waals surface area contributed by atoms with E-state index in [0.717, 1.165) is 19.0 Å². The summed E-state index contributed by atoms with van der Waals surface area (Å²) in [4.78, 5) is 0. The molecule has 1 aliphatic rings. The van der Waals surface area contributed by atoms with Gasteiger partial charge in [-0.1, -0.05) is 20.8 Å². The minimum atomic E-state index is 0.00965. The summed E-state index contributed by atoms with van der Waals surface area (Å²) in [5, 5.41) is 3.69. The Balaban J connectivity index is 2.45. The van der Waals surface area contributed by atoms with Crippen molar-refractivity contribution in [2.75, 3.05) is 13.7 Å². The molecule has 1 saturated carbocycles. The molecule has 17 heavy (non-hydrogen) atoms. The normalized spacial score (nSPS) is 20.6. The summed E-state index contributed by atoms with van der Waals surface area (Å²) in [7, 11) is 1.81. The first-order valence-corrected chi connectivity index (χ1v) is 7.08. The third-order valence-electron chi connectivity index (χ3n) is 4.62. The van der Waals surface area contributed by atoms with Gasteiger partial charge in [-0.3, -0.25) is 0 Å². The molecule has 0 aromatic rings. The topological polar surface area (TPSA) is 21.3 Å². The van der Waals surface area contributed by atoms with Gasteiger partial charge in [0, 0.05) is 19.7 Å². The maximum Gasteiger partial charge on any atom is 0.0623 e. The lowest BCUT2D eigenvalue weighted by molar-refractivity contribution is 0.000347. The van der Waals surface area contributed by atoms with Gasteiger partial charge in [0.1, 0.15) is 0 Å². The van der Waals surface area contributed by atoms with Gasteiger partial charge in [0.05, 0.1) is 5.60 Å². The van der Waals surface area contributed by atoms with Crippen LogP contribution in [0.1, 0.15) is 60.3 Å². The van der Waals surface area contributed by atoms with Crippen molar-refractivity contribution in [1.82, 2.24) is 5.32 Å². The van der Waals surface area contributed by atoms with E-state index in [1.54, 1.807) is 0 Å². The third kappa shape index (κ3) is 4.97. The molecule has 0 heterocycles. The number of rotatable bonds is 8. The Morgan fingerprint density at radius 3 is 2.18 bits per heavy atom. The highest BCUT2D eigenvalue weighted by atomic mass is 16.5. The molecular formula is C15H31NO. The molecule has 0 bridgehead atoms. The van der Waals surface area contributed by atoms with E-state index in [-0.39, 0.29) is 5.60 Å². The van der Waals surface area contributed by atoms with Crippen molar-refractivity contribution < 1.29 is 4.74 Å². The van der Waals surface area contributed by atoms with Crippen molar-refractivity contribution in [3.05, 3.63) is 0 Å². The molecule has 1 fully saturated rings. The Morgan fingerprint density at radius 2 is 1.76 bits per heavy atom. The Bertz CT molecular complexity index is 233. The smallest absolute Gasteiger partial charge is 0.0623 e. The van der Waals surface area contributed by atoms with Crippen molar-refractivity contribution >= 4 is 0 Å². The van der Waals surface area contributed by atoms with E-state index in [1.807, 2.05) is 7.11 Å². The number of hydrogen-bond acceptors (Lipinski definition) is 2. The molecule has 0 amide bonds. The molecule has 1 N–H and O–H groups in total. The van der Waals surface area contributed by atoms with Crippen LogP contribution in [-0.4, -0.2) is 25.3 Å². The first-order valence-electron chi connectivity index (χ1n) is 7.08. The summed E-state index contributed by atoms with van der Waals surface area (Å²) >= 11 is 0. The second-order valence-electron chi connectivity index (χ2n) is 6.93. The van der Waals surface area contributed by atoms with Crippen LogP contribution in [0.3, 0.4) is 0 Å². The Hall–Kier alpha value is -0.0800. The van der Waals surface area contributed by atoms with Gasteiger partial charge < -0.3 is 10.1 Å². The van der Waals surface area contributed by atoms with Gasteiger partial charge in [-0.2, -0.15) is 0 Å². The van der Waals surface area contributed by atoms with Gasteiger partial charge in [-0.25, -0.2) is 0 Å². The van der Waals surface area contributed by atoms with E-state index in [4.69, 9.17) is 4.74 Å². The monoisotopic (exact) mass is 241 g/mol. The highest BCUT2D eigenvalue weighted by molar-refractivity contribution is 4.88. The fourth-order valence-electron chi connectivity index (χ4n) is 1.93. The van der Waals surface area contributed by atoms with Crippen molar-refractivity contribution in [2.24, 2.45) is 11.3 Å². The number of hydrogen-bond donors (Lipinski definition) is 1. The molecule has 0 aromatic heterocycles. The van der Waals surface area contributed by atoms with Crippen LogP contribution in [0.5, 0.6) is 0 Å². The highest BCUT2D eigenvalue weighted by Gasteiger charge is 2.33. The zero-order valence-corrected chi connectivity index (χ0v) is 12.6. The van der Waals surface area contributed by atoms with Crippen LogP contribution >= 0.6 is 0 Å². The SMILES string of the molecule is COC(C)(C)CCC(C)(CNC1CC1)C(C)C. The zero-order valence-electron chi connectivity index (χ0n) is 12.6. The van der Waals surface area contributed by atoms with Crippen LogP contribution in [0, 0.1) is 11.3 Å². The first kappa shape index (κ1) is 15.0. The average Bonchev–Trinajstić information content (AvgIpc) is 3.07. The second kappa shape index (κ2) is 5.71.